The lowest BCUT2D eigenvalue weighted by Crippen LogP contribution is -2.75. The number of aromatic nitrogens is 4. The fraction of sp³-hybridized carbons (Fsp3) is 0.824. The number of aliphatic carboxylic acids is 1. The van der Waals surface area contributed by atoms with E-state index >= 15 is 4.79 Å². The number of nitrogens with two attached hydrogens (primary N) is 1. The molecule has 2 aromatic heterocycles. The van der Waals surface area contributed by atoms with Gasteiger partial charge in [0.25, 0.3) is 0 Å². The standard InChI is InChI=1S/C68H105N9O13/c1-35-10-9-11-36(24-35)72-23-22-70-27-38(56(69)85)54(84)68(47-29-71-33-75-47)19-14-37(49-53(68)77-59(86)66(49)16-7-8-17-66)48-51(82)55(90-58-52(83)50(81)44(80)30-89-58)62(3,32-79)45-15-18-63(4)46(64(45,48)5)13-12-39-41-26-61(2,31-78)20-21-67(41,60(87)88)42-28-73-57-43(74-34-76-57)25-40(42)65(39,63)6/h12,14,19,29,33-38,40-42,44-46,48-56,58,70,72-73,78-85H,7-11,13,15-18,20-28,30-32,69H2,1-6H3,(H,71,75)(H,74,76)(H,77,86)(H,87,88). The van der Waals surface area contributed by atoms with E-state index in [1.165, 1.54) is 12.8 Å². The van der Waals surface area contributed by atoms with Crippen molar-refractivity contribution < 1.29 is 65.0 Å². The number of carbonyl (C=O) groups is 2. The summed E-state index contributed by atoms with van der Waals surface area (Å²) < 4.78 is 13.0. The topological polar surface area (TPSA) is 366 Å². The molecule has 27 atom stereocenters. The van der Waals surface area contributed by atoms with Crippen molar-refractivity contribution in [3.05, 3.63) is 54.0 Å². The molecule has 13 rings (SSSR count). The molecule has 5 heterocycles. The van der Waals surface area contributed by atoms with Crippen molar-refractivity contribution in [2.75, 3.05) is 51.3 Å². The molecule has 500 valence electrons. The summed E-state index contributed by atoms with van der Waals surface area (Å²) in [6.07, 6.45) is 10.4. The number of fused-ring (bicyclic) bond motifs is 13. The smallest absolute Gasteiger partial charge is 0.310 e. The molecule has 27 unspecified atom stereocenters. The predicted octanol–water partition coefficient (Wildman–Crippen LogP) is 3.22. The number of rotatable bonds is 16. The molecular weight excluding hydrogens is 1150 g/mol. The van der Waals surface area contributed by atoms with Crippen LogP contribution in [0.2, 0.25) is 0 Å². The summed E-state index contributed by atoms with van der Waals surface area (Å²) >= 11 is 0. The number of nitrogens with zero attached hydrogens (tertiary/aromatic N) is 2. The van der Waals surface area contributed by atoms with Crippen LogP contribution in [0.25, 0.3) is 0 Å². The van der Waals surface area contributed by atoms with E-state index in [1.807, 2.05) is 13.0 Å². The van der Waals surface area contributed by atoms with Crippen molar-refractivity contribution in [2.45, 2.75) is 204 Å². The van der Waals surface area contributed by atoms with Crippen molar-refractivity contribution in [1.29, 1.82) is 0 Å². The first-order valence-electron chi connectivity index (χ1n) is 34.3. The molecule has 0 radical (unpaired) electrons. The van der Waals surface area contributed by atoms with E-state index in [0.29, 0.717) is 101 Å². The minimum atomic E-state index is -1.72. The predicted molar refractivity (Wildman–Crippen MR) is 332 cm³/mol. The van der Waals surface area contributed by atoms with Crippen molar-refractivity contribution in [2.24, 2.45) is 103 Å². The lowest BCUT2D eigenvalue weighted by Gasteiger charge is -2.76. The Hall–Kier alpha value is -3.88. The Kier molecular flexibility index (Phi) is 16.9. The normalized spacial score (nSPS) is 47.7. The highest BCUT2D eigenvalue weighted by molar-refractivity contribution is 5.87. The van der Waals surface area contributed by atoms with Gasteiger partial charge in [0.05, 0.1) is 72.2 Å². The minimum absolute atomic E-state index is 0.0782. The Morgan fingerprint density at radius 1 is 0.900 bits per heavy atom. The maximum Gasteiger partial charge on any atom is 0.310 e. The number of carbonyl (C=O) groups excluding carboxylic acids is 1. The summed E-state index contributed by atoms with van der Waals surface area (Å²) in [7, 11) is 0. The molecule has 8 aliphatic carbocycles. The van der Waals surface area contributed by atoms with E-state index < -0.39 is 147 Å². The molecule has 1 amide bonds. The summed E-state index contributed by atoms with van der Waals surface area (Å²) in [5.74, 6) is -4.35. The number of carboxylic acids is 1. The van der Waals surface area contributed by atoms with Gasteiger partial charge < -0.3 is 92.4 Å². The van der Waals surface area contributed by atoms with Crippen LogP contribution in [0.4, 0.5) is 5.82 Å². The highest BCUT2D eigenvalue weighted by atomic mass is 16.7. The molecule has 0 bridgehead atoms. The van der Waals surface area contributed by atoms with Gasteiger partial charge >= 0.3 is 5.97 Å². The number of ether oxygens (including phenoxy) is 2. The number of aromatic amines is 2. The SMILES string of the molecule is CC1CCCC(NCCNCC(C(N)O)C(O)C2(c3cnc[nH]3)C=CC(C3C(O)C(OC4OCC(O)C(O)C4O)C(C)(CO)C4CCC5(C)C(CC=C6C7CC(C)(CO)CCC7(C(=O)O)C7CNc8nc[nH]c8CC7C65C)C34C)C3C2NC(=O)C32CCCC2)C1. The zero-order chi connectivity index (χ0) is 63.9. The second-order valence-electron chi connectivity index (χ2n) is 32.0. The molecule has 0 aromatic carbocycles. The Balaban J connectivity index is 0.977. The largest absolute Gasteiger partial charge is 0.481 e. The molecule has 17 N–H and O–H groups in total. The van der Waals surface area contributed by atoms with E-state index in [-0.39, 0.29) is 43.4 Å². The van der Waals surface area contributed by atoms with E-state index in [9.17, 15) is 50.8 Å². The number of hydrogen-bond donors (Lipinski definition) is 16. The molecule has 1 spiro atoms. The highest BCUT2D eigenvalue weighted by Gasteiger charge is 2.79. The van der Waals surface area contributed by atoms with Crippen LogP contribution in [0.3, 0.4) is 0 Å². The molecule has 11 aliphatic rings. The average molecular weight is 1260 g/mol. The third-order valence-electron chi connectivity index (χ3n) is 28.2. The Morgan fingerprint density at radius 3 is 2.38 bits per heavy atom. The Bertz CT molecular complexity index is 3020. The van der Waals surface area contributed by atoms with Crippen LogP contribution in [0.15, 0.2) is 42.7 Å². The average Bonchev–Trinajstić information content (AvgIpc) is 0.820. The first kappa shape index (κ1) is 64.8. The zero-order valence-electron chi connectivity index (χ0n) is 53.7. The Labute approximate surface area is 529 Å². The first-order valence-corrected chi connectivity index (χ1v) is 34.3. The molecule has 22 heteroatoms. The van der Waals surface area contributed by atoms with Crippen molar-refractivity contribution in [3.63, 3.8) is 0 Å². The molecule has 6 saturated carbocycles. The fourth-order valence-electron chi connectivity index (χ4n) is 23.5. The number of carboxylic acid groups (broad SMARTS) is 1. The van der Waals surface area contributed by atoms with Crippen LogP contribution in [0.1, 0.15) is 143 Å². The maximum absolute atomic E-state index is 15.7. The van der Waals surface area contributed by atoms with Gasteiger partial charge in [0.15, 0.2) is 6.29 Å². The van der Waals surface area contributed by atoms with E-state index in [0.717, 1.165) is 37.0 Å². The van der Waals surface area contributed by atoms with Crippen LogP contribution in [0, 0.1) is 97.1 Å². The lowest BCUT2D eigenvalue weighted by molar-refractivity contribution is -0.344. The van der Waals surface area contributed by atoms with Crippen LogP contribution in [-0.4, -0.2) is 185 Å². The van der Waals surface area contributed by atoms with Gasteiger partial charge in [0.2, 0.25) is 5.91 Å². The van der Waals surface area contributed by atoms with E-state index in [4.69, 9.17) is 20.2 Å². The van der Waals surface area contributed by atoms with Crippen LogP contribution < -0.4 is 27.0 Å². The van der Waals surface area contributed by atoms with E-state index in [2.05, 4.69) is 83.0 Å². The van der Waals surface area contributed by atoms with Gasteiger partial charge in [-0.05, 0) is 140 Å². The number of nitrogens with one attached hydrogen (secondary N) is 6. The summed E-state index contributed by atoms with van der Waals surface area (Å²) in [4.78, 5) is 46.4. The summed E-state index contributed by atoms with van der Waals surface area (Å²) in [6, 6.07) is -0.435. The van der Waals surface area contributed by atoms with Gasteiger partial charge in [0.1, 0.15) is 30.4 Å². The van der Waals surface area contributed by atoms with Crippen molar-refractivity contribution >= 4 is 17.7 Å². The molecular formula is C68H105N9O13. The van der Waals surface area contributed by atoms with E-state index in [1.54, 1.807) is 18.9 Å². The molecule has 2 saturated heterocycles. The molecule has 22 nitrogen and oxygen atoms in total. The van der Waals surface area contributed by atoms with Crippen LogP contribution in [-0.2, 0) is 30.9 Å². The molecule has 2 aromatic rings. The number of imidazole rings is 2. The van der Waals surface area contributed by atoms with Crippen LogP contribution in [0.5, 0.6) is 0 Å². The monoisotopic (exact) mass is 1260 g/mol. The highest BCUT2D eigenvalue weighted by Crippen LogP contribution is 2.80. The third-order valence-corrected chi connectivity index (χ3v) is 28.2. The number of allylic oxidation sites excluding steroid dienone is 3. The Morgan fingerprint density at radius 2 is 1.68 bits per heavy atom. The van der Waals surface area contributed by atoms with Crippen LogP contribution >= 0.6 is 0 Å². The van der Waals surface area contributed by atoms with Gasteiger partial charge in [0, 0.05) is 68.0 Å². The lowest BCUT2D eigenvalue weighted by atomic mass is 9.28. The number of amides is 1. The first-order chi connectivity index (χ1) is 42.9. The van der Waals surface area contributed by atoms with Gasteiger partial charge in [-0.3, -0.25) is 9.59 Å². The molecule has 90 heavy (non-hydrogen) atoms. The maximum atomic E-state index is 15.7. The third kappa shape index (κ3) is 9.29. The summed E-state index contributed by atoms with van der Waals surface area (Å²) in [5.41, 5.74) is 1.46. The summed E-state index contributed by atoms with van der Waals surface area (Å²) in [6.45, 7) is 14.3. The van der Waals surface area contributed by atoms with Gasteiger partial charge in [-0.2, -0.15) is 0 Å². The number of aliphatic hydroxyl groups excluding tert-OH is 8. The fourth-order valence-corrected chi connectivity index (χ4v) is 23.5. The van der Waals surface area contributed by atoms with Gasteiger partial charge in [-0.15, -0.1) is 0 Å². The van der Waals surface area contributed by atoms with Crippen molar-refractivity contribution in [1.82, 2.24) is 35.9 Å². The zero-order valence-corrected chi connectivity index (χ0v) is 53.7. The molecule has 3 aliphatic heterocycles. The number of anilines is 1. The summed E-state index contributed by atoms with van der Waals surface area (Å²) in [5, 5.41) is 123. The van der Waals surface area contributed by atoms with Gasteiger partial charge in [-0.25, -0.2) is 9.97 Å². The second kappa shape index (κ2) is 23.5. The van der Waals surface area contributed by atoms with Gasteiger partial charge in [-0.1, -0.05) is 91.0 Å². The number of hydrogen-bond acceptors (Lipinski definition) is 18. The second-order valence-corrected chi connectivity index (χ2v) is 32.0. The quantitative estimate of drug-likeness (QED) is 0.0496. The number of H-pyrrole nitrogens is 2. The van der Waals surface area contributed by atoms with Crippen molar-refractivity contribution in [3.8, 4) is 0 Å². The molecule has 8 fully saturated rings. The number of aliphatic hydroxyl groups is 8. The minimum Gasteiger partial charge on any atom is -0.481 e.